The van der Waals surface area contributed by atoms with Gasteiger partial charge in [-0.1, -0.05) is 6.07 Å². The van der Waals surface area contributed by atoms with Crippen molar-refractivity contribution in [3.8, 4) is 0 Å². The number of aryl methyl sites for hydroxylation is 1. The lowest BCUT2D eigenvalue weighted by atomic mass is 9.95. The van der Waals surface area contributed by atoms with Gasteiger partial charge >= 0.3 is 0 Å². The second-order valence-corrected chi connectivity index (χ2v) is 6.70. The van der Waals surface area contributed by atoms with Gasteiger partial charge in [-0.25, -0.2) is 0 Å². The summed E-state index contributed by atoms with van der Waals surface area (Å²) in [5.74, 6) is -0.0488. The number of amides is 1. The minimum atomic E-state index is -0.678. The van der Waals surface area contributed by atoms with Crippen molar-refractivity contribution in [2.75, 3.05) is 25.0 Å². The number of carbonyl (C=O) groups is 1. The zero-order chi connectivity index (χ0) is 14.8. The third-order valence-electron chi connectivity index (χ3n) is 3.52. The van der Waals surface area contributed by atoms with Crippen molar-refractivity contribution in [1.82, 2.24) is 4.90 Å². The summed E-state index contributed by atoms with van der Waals surface area (Å²) in [6.07, 6.45) is 1.73. The lowest BCUT2D eigenvalue weighted by Gasteiger charge is -2.36. The number of nitrogens with zero attached hydrogens (tertiary/aromatic N) is 1. The molecule has 2 N–H and O–H groups in total. The second kappa shape index (κ2) is 6.24. The van der Waals surface area contributed by atoms with Crippen LogP contribution in [0.5, 0.6) is 0 Å². The molecule has 1 atom stereocenters. The number of likely N-dealkylation sites (tertiary alicyclic amines) is 1. The molecule has 4 nitrogen and oxygen atoms in total. The maximum atomic E-state index is 12.1. The van der Waals surface area contributed by atoms with E-state index in [4.69, 9.17) is 0 Å². The fourth-order valence-electron chi connectivity index (χ4n) is 2.57. The SMILES string of the molecule is Cc1ccc(NC(=O)CN2CCCC(C)(O)C2)c(Br)c1. The maximum absolute atomic E-state index is 12.1. The smallest absolute Gasteiger partial charge is 0.238 e. The summed E-state index contributed by atoms with van der Waals surface area (Å²) in [4.78, 5) is 14.1. The first-order chi connectivity index (χ1) is 9.35. The Balaban J connectivity index is 1.92. The molecule has 110 valence electrons. The Hall–Kier alpha value is -0.910. The lowest BCUT2D eigenvalue weighted by Crippen LogP contribution is -2.48. The van der Waals surface area contributed by atoms with E-state index in [1.165, 1.54) is 0 Å². The number of hydrogen-bond acceptors (Lipinski definition) is 3. The molecule has 1 saturated heterocycles. The molecular formula is C15H21BrN2O2. The van der Waals surface area contributed by atoms with Gasteiger partial charge in [0.2, 0.25) is 5.91 Å². The van der Waals surface area contributed by atoms with Gasteiger partial charge < -0.3 is 10.4 Å². The van der Waals surface area contributed by atoms with E-state index in [0.717, 1.165) is 35.1 Å². The summed E-state index contributed by atoms with van der Waals surface area (Å²) in [5.41, 5.74) is 1.24. The number of halogens is 1. The van der Waals surface area contributed by atoms with Crippen LogP contribution >= 0.6 is 15.9 Å². The first kappa shape index (κ1) is 15.5. The zero-order valence-electron chi connectivity index (χ0n) is 11.9. The minimum absolute atomic E-state index is 0.0488. The van der Waals surface area contributed by atoms with Crippen LogP contribution in [0.25, 0.3) is 0 Å². The molecule has 1 aromatic rings. The molecule has 1 fully saturated rings. The Morgan fingerprint density at radius 3 is 2.95 bits per heavy atom. The monoisotopic (exact) mass is 340 g/mol. The molecule has 20 heavy (non-hydrogen) atoms. The van der Waals surface area contributed by atoms with Crippen LogP contribution < -0.4 is 5.32 Å². The topological polar surface area (TPSA) is 52.6 Å². The average molecular weight is 341 g/mol. The first-order valence-electron chi connectivity index (χ1n) is 6.86. The Bertz CT molecular complexity index is 503. The molecule has 0 aromatic heterocycles. The van der Waals surface area contributed by atoms with E-state index in [1.807, 2.05) is 36.9 Å². The highest BCUT2D eigenvalue weighted by Gasteiger charge is 2.29. The summed E-state index contributed by atoms with van der Waals surface area (Å²) >= 11 is 3.45. The fourth-order valence-corrected chi connectivity index (χ4v) is 3.17. The van der Waals surface area contributed by atoms with Crippen LogP contribution in [0.15, 0.2) is 22.7 Å². The van der Waals surface area contributed by atoms with E-state index < -0.39 is 5.60 Å². The normalized spacial score (nSPS) is 23.6. The van der Waals surface area contributed by atoms with Gasteiger partial charge in [0.1, 0.15) is 0 Å². The highest BCUT2D eigenvalue weighted by Crippen LogP contribution is 2.24. The Kier molecular flexibility index (Phi) is 4.83. The van der Waals surface area contributed by atoms with Crippen molar-refractivity contribution in [2.45, 2.75) is 32.3 Å². The van der Waals surface area contributed by atoms with Gasteiger partial charge in [-0.2, -0.15) is 0 Å². The number of benzene rings is 1. The molecule has 5 heteroatoms. The second-order valence-electron chi connectivity index (χ2n) is 5.84. The van der Waals surface area contributed by atoms with Crippen LogP contribution in [0, 0.1) is 6.92 Å². The van der Waals surface area contributed by atoms with Crippen LogP contribution in [0.1, 0.15) is 25.3 Å². The van der Waals surface area contributed by atoms with Crippen LogP contribution in [0.3, 0.4) is 0 Å². The molecule has 0 aliphatic carbocycles. The fraction of sp³-hybridized carbons (Fsp3) is 0.533. The highest BCUT2D eigenvalue weighted by molar-refractivity contribution is 9.10. The summed E-state index contributed by atoms with van der Waals surface area (Å²) in [6, 6.07) is 5.83. The molecule has 0 saturated carbocycles. The quantitative estimate of drug-likeness (QED) is 0.888. The Morgan fingerprint density at radius 2 is 2.30 bits per heavy atom. The predicted octanol–water partition coefficient (Wildman–Crippen LogP) is 2.54. The third-order valence-corrected chi connectivity index (χ3v) is 4.18. The Labute approximate surface area is 128 Å². The summed E-state index contributed by atoms with van der Waals surface area (Å²) in [7, 11) is 0. The molecule has 0 radical (unpaired) electrons. The van der Waals surface area contributed by atoms with Crippen molar-refractivity contribution in [3.05, 3.63) is 28.2 Å². The number of rotatable bonds is 3. The third kappa shape index (κ3) is 4.30. The number of piperidine rings is 1. The number of nitrogens with one attached hydrogen (secondary N) is 1. The van der Waals surface area contributed by atoms with Gasteiger partial charge in [0.15, 0.2) is 0 Å². The van der Waals surface area contributed by atoms with E-state index >= 15 is 0 Å². The number of β-amino-alcohol motifs (C(OH)–C–C–N with tert-alkyl or cyclic N) is 1. The molecule has 0 bridgehead atoms. The van der Waals surface area contributed by atoms with Gasteiger partial charge in [-0.15, -0.1) is 0 Å². The largest absolute Gasteiger partial charge is 0.389 e. The molecular weight excluding hydrogens is 320 g/mol. The molecule has 1 unspecified atom stereocenters. The van der Waals surface area contributed by atoms with Crippen molar-refractivity contribution in [3.63, 3.8) is 0 Å². The van der Waals surface area contributed by atoms with Gasteiger partial charge in [0, 0.05) is 11.0 Å². The number of aliphatic hydroxyl groups is 1. The van der Waals surface area contributed by atoms with Crippen LogP contribution in [0.4, 0.5) is 5.69 Å². The standard InChI is InChI=1S/C15H21BrN2O2/c1-11-4-5-13(12(16)8-11)17-14(19)9-18-7-3-6-15(2,20)10-18/h4-5,8,20H,3,6-7,9-10H2,1-2H3,(H,17,19). The van der Waals surface area contributed by atoms with Crippen molar-refractivity contribution in [1.29, 1.82) is 0 Å². The number of hydrogen-bond donors (Lipinski definition) is 2. The average Bonchev–Trinajstić information content (AvgIpc) is 2.31. The van der Waals surface area contributed by atoms with E-state index in [9.17, 15) is 9.90 Å². The molecule has 1 heterocycles. The van der Waals surface area contributed by atoms with E-state index in [1.54, 1.807) is 0 Å². The van der Waals surface area contributed by atoms with Gasteiger partial charge in [0.25, 0.3) is 0 Å². The first-order valence-corrected chi connectivity index (χ1v) is 7.66. The van der Waals surface area contributed by atoms with Crippen molar-refractivity contribution < 1.29 is 9.90 Å². The lowest BCUT2D eigenvalue weighted by molar-refractivity contribution is -0.118. The van der Waals surface area contributed by atoms with Gasteiger partial charge in [-0.3, -0.25) is 9.69 Å². The van der Waals surface area contributed by atoms with E-state index in [0.29, 0.717) is 13.1 Å². The molecule has 1 aliphatic rings. The molecule has 1 aromatic carbocycles. The van der Waals surface area contributed by atoms with E-state index in [-0.39, 0.29) is 5.91 Å². The highest BCUT2D eigenvalue weighted by atomic mass is 79.9. The van der Waals surface area contributed by atoms with Crippen LogP contribution in [-0.4, -0.2) is 41.1 Å². The van der Waals surface area contributed by atoms with Crippen molar-refractivity contribution in [2.24, 2.45) is 0 Å². The molecule has 1 aliphatic heterocycles. The Morgan fingerprint density at radius 1 is 1.55 bits per heavy atom. The van der Waals surface area contributed by atoms with Crippen molar-refractivity contribution >= 4 is 27.5 Å². The summed E-state index contributed by atoms with van der Waals surface area (Å²) < 4.78 is 0.886. The van der Waals surface area contributed by atoms with Crippen LogP contribution in [-0.2, 0) is 4.79 Å². The molecule has 2 rings (SSSR count). The molecule has 1 amide bonds. The number of anilines is 1. The van der Waals surface area contributed by atoms with Gasteiger partial charge in [-0.05, 0) is 66.9 Å². The maximum Gasteiger partial charge on any atom is 0.238 e. The minimum Gasteiger partial charge on any atom is -0.389 e. The van der Waals surface area contributed by atoms with Gasteiger partial charge in [0.05, 0.1) is 17.8 Å². The number of carbonyl (C=O) groups excluding carboxylic acids is 1. The summed E-state index contributed by atoms with van der Waals surface area (Å²) in [6.45, 7) is 5.56. The zero-order valence-corrected chi connectivity index (χ0v) is 13.5. The van der Waals surface area contributed by atoms with Crippen LogP contribution in [0.2, 0.25) is 0 Å². The van der Waals surface area contributed by atoms with E-state index in [2.05, 4.69) is 21.2 Å². The predicted molar refractivity (Wildman–Crippen MR) is 83.8 cm³/mol. The summed E-state index contributed by atoms with van der Waals surface area (Å²) in [5, 5.41) is 12.9. The molecule has 0 spiro atoms.